The van der Waals surface area contributed by atoms with Crippen LogP contribution in [-0.4, -0.2) is 130 Å². The Bertz CT molecular complexity index is 3270. The van der Waals surface area contributed by atoms with Crippen LogP contribution in [-0.2, 0) is 71.5 Å². The van der Waals surface area contributed by atoms with Crippen LogP contribution in [0.4, 0.5) is 11.4 Å². The first-order valence-electron chi connectivity index (χ1n) is 18.6. The molecule has 2 heterocycles. The van der Waals surface area contributed by atoms with Gasteiger partial charge in [0.1, 0.15) is 16.3 Å². The highest BCUT2D eigenvalue weighted by Crippen LogP contribution is 2.54. The average Bonchev–Trinajstić information content (AvgIpc) is 3.47. The predicted octanol–water partition coefficient (Wildman–Crippen LogP) is 3.10. The maximum Gasteiger partial charge on any atom is 0.335 e. The van der Waals surface area contributed by atoms with E-state index < -0.39 is 115 Å². The number of carboxylic acids is 1. The van der Waals surface area contributed by atoms with Gasteiger partial charge in [0.05, 0.1) is 38.7 Å². The first kappa shape index (κ1) is 50.8. The number of hydrogen-bond donors (Lipinski definition) is 7. The Hall–Kier alpha value is -4.20. The second-order valence-corrected chi connectivity index (χ2v) is 24.7. The zero-order valence-electron chi connectivity index (χ0n) is 33.8. The van der Waals surface area contributed by atoms with Crippen LogP contribution in [0.3, 0.4) is 0 Å². The molecular formula is C36H43N2O20S6+. The van der Waals surface area contributed by atoms with Crippen molar-refractivity contribution < 1.29 is 92.3 Å². The second kappa shape index (κ2) is 17.2. The third-order valence-corrected chi connectivity index (χ3v) is 15.9. The summed E-state index contributed by atoms with van der Waals surface area (Å²) in [6.07, 6.45) is 3.05. The molecule has 0 aromatic heterocycles. The Morgan fingerprint density at radius 2 is 1.23 bits per heavy atom. The topological polar surface area (TPSA) is 370 Å². The van der Waals surface area contributed by atoms with Crippen LogP contribution in [0.25, 0.3) is 10.8 Å². The van der Waals surface area contributed by atoms with Gasteiger partial charge in [-0.2, -0.15) is 55.1 Å². The maximum absolute atomic E-state index is 12.7. The van der Waals surface area contributed by atoms with E-state index in [9.17, 15) is 87.7 Å². The lowest BCUT2D eigenvalue weighted by molar-refractivity contribution is -0.437. The third kappa shape index (κ3) is 10.9. The van der Waals surface area contributed by atoms with Crippen molar-refractivity contribution in [1.29, 1.82) is 0 Å². The lowest BCUT2D eigenvalue weighted by atomic mass is 9.75. The van der Waals surface area contributed by atoms with Gasteiger partial charge in [0, 0.05) is 47.3 Å². The van der Waals surface area contributed by atoms with Gasteiger partial charge in [-0.15, -0.1) is 0 Å². The second-order valence-electron chi connectivity index (χ2n) is 15.8. The number of carboxylic acid groups (broad SMARTS) is 1. The van der Waals surface area contributed by atoms with Gasteiger partial charge in [-0.1, -0.05) is 12.1 Å². The van der Waals surface area contributed by atoms with Crippen molar-refractivity contribution in [3.8, 4) is 0 Å². The van der Waals surface area contributed by atoms with Crippen LogP contribution >= 0.6 is 0 Å². The predicted molar refractivity (Wildman–Crippen MR) is 229 cm³/mol. The highest BCUT2D eigenvalue weighted by molar-refractivity contribution is 7.87. The molecule has 0 bridgehead atoms. The van der Waals surface area contributed by atoms with Gasteiger partial charge in [0.2, 0.25) is 5.69 Å². The molecule has 352 valence electrons. The summed E-state index contributed by atoms with van der Waals surface area (Å²) in [7, 11) is -29.2. The quantitative estimate of drug-likeness (QED) is 0.0711. The van der Waals surface area contributed by atoms with Gasteiger partial charge in [-0.05, 0) is 81.3 Å². The summed E-state index contributed by atoms with van der Waals surface area (Å²) in [5.74, 6) is -3.97. The highest BCUT2D eigenvalue weighted by atomic mass is 32.2. The molecule has 22 nitrogen and oxygen atoms in total. The zero-order valence-corrected chi connectivity index (χ0v) is 38.7. The number of rotatable bonds is 18. The number of hydrogen-bond acceptors (Lipinski definition) is 14. The van der Waals surface area contributed by atoms with Crippen molar-refractivity contribution in [3.63, 3.8) is 0 Å². The summed E-state index contributed by atoms with van der Waals surface area (Å²) in [5, 5.41) is 9.39. The van der Waals surface area contributed by atoms with Gasteiger partial charge in [-0.3, -0.25) is 27.3 Å². The van der Waals surface area contributed by atoms with E-state index in [2.05, 4.69) is 0 Å². The van der Waals surface area contributed by atoms with Gasteiger partial charge in [-0.25, -0.2) is 4.79 Å². The largest absolute Gasteiger partial charge is 0.478 e. The zero-order chi connectivity index (χ0) is 48.4. The lowest BCUT2D eigenvalue weighted by Gasteiger charge is -2.31. The normalized spacial score (nSPS) is 19.0. The SMILES string of the molecule is CC1(C)C(/C=C/C=C2/N(CCCS(=O)(=O)O)c3ccc4c(S(=O)(=O)O)cc(S(=O)(=O)O)cc4c3C2(C)CCCS(=O)(=O)O)=[N+](CCCS(=O)(=O)O)c2cc(C(=O)O)cc(S(=O)(=O)O)c21. The van der Waals surface area contributed by atoms with Gasteiger partial charge >= 0.3 is 5.97 Å². The van der Waals surface area contributed by atoms with Crippen LogP contribution in [0.15, 0.2) is 75.0 Å². The first-order chi connectivity index (χ1) is 29.0. The number of benzene rings is 3. The number of fused-ring (bicyclic) bond motifs is 4. The molecule has 0 amide bonds. The molecule has 5 rings (SSSR count). The fraction of sp³-hybridized carbons (Fsp3) is 0.389. The van der Waals surface area contributed by atoms with Gasteiger partial charge in [0.15, 0.2) is 5.71 Å². The fourth-order valence-electron chi connectivity index (χ4n) is 8.41. The van der Waals surface area contributed by atoms with Crippen molar-refractivity contribution in [2.75, 3.05) is 35.2 Å². The number of nitrogens with zero attached hydrogens (tertiary/aromatic N) is 2. The van der Waals surface area contributed by atoms with E-state index in [0.717, 1.165) is 18.2 Å². The summed E-state index contributed by atoms with van der Waals surface area (Å²) in [6, 6.07) is 5.80. The number of anilines is 1. The molecule has 1 unspecified atom stereocenters. The number of allylic oxidation sites excluding steroid dienone is 4. The van der Waals surface area contributed by atoms with E-state index in [1.54, 1.807) is 0 Å². The molecular weight excluding hydrogens is 973 g/mol. The Morgan fingerprint density at radius 3 is 1.77 bits per heavy atom. The van der Waals surface area contributed by atoms with Gasteiger partial charge in [0.25, 0.3) is 60.7 Å². The van der Waals surface area contributed by atoms with Crippen LogP contribution in [0, 0.1) is 0 Å². The van der Waals surface area contributed by atoms with Gasteiger partial charge < -0.3 is 10.0 Å². The van der Waals surface area contributed by atoms with Crippen LogP contribution in [0.5, 0.6) is 0 Å². The molecule has 64 heavy (non-hydrogen) atoms. The highest BCUT2D eigenvalue weighted by Gasteiger charge is 2.49. The Balaban J connectivity index is 1.86. The molecule has 0 aliphatic carbocycles. The van der Waals surface area contributed by atoms with Crippen LogP contribution in [0.2, 0.25) is 0 Å². The van der Waals surface area contributed by atoms with Crippen molar-refractivity contribution >= 4 is 94.5 Å². The Morgan fingerprint density at radius 1 is 0.672 bits per heavy atom. The minimum Gasteiger partial charge on any atom is -0.478 e. The van der Waals surface area contributed by atoms with E-state index >= 15 is 0 Å². The molecule has 0 spiro atoms. The van der Waals surface area contributed by atoms with E-state index in [-0.39, 0.29) is 83.5 Å². The summed E-state index contributed by atoms with van der Waals surface area (Å²) in [6.45, 7) is 4.00. The van der Waals surface area contributed by atoms with Crippen molar-refractivity contribution in [1.82, 2.24) is 0 Å². The smallest absolute Gasteiger partial charge is 0.335 e. The minimum atomic E-state index is -5.22. The third-order valence-electron chi connectivity index (χ3n) is 10.9. The molecule has 2 aliphatic heterocycles. The molecule has 28 heteroatoms. The molecule has 1 atom stereocenters. The molecule has 0 fully saturated rings. The first-order valence-corrected chi connectivity index (χ1v) is 27.7. The summed E-state index contributed by atoms with van der Waals surface area (Å²) in [5.41, 5.74) is -3.17. The van der Waals surface area contributed by atoms with Crippen molar-refractivity contribution in [2.24, 2.45) is 0 Å². The van der Waals surface area contributed by atoms with Crippen LogP contribution < -0.4 is 4.90 Å². The lowest BCUT2D eigenvalue weighted by Crippen LogP contribution is -2.31. The van der Waals surface area contributed by atoms with E-state index in [1.165, 1.54) is 60.6 Å². The van der Waals surface area contributed by atoms with E-state index in [1.807, 2.05) is 0 Å². The summed E-state index contributed by atoms with van der Waals surface area (Å²) in [4.78, 5) is 10.9. The number of carbonyl (C=O) groups is 1. The van der Waals surface area contributed by atoms with Crippen molar-refractivity contribution in [3.05, 3.63) is 77.0 Å². The molecule has 2 aliphatic rings. The average molecular weight is 1020 g/mol. The van der Waals surface area contributed by atoms with E-state index in [0.29, 0.717) is 6.07 Å². The Kier molecular flexibility index (Phi) is 13.7. The fourth-order valence-corrected chi connectivity index (χ4v) is 12.1. The molecule has 0 saturated heterocycles. The monoisotopic (exact) mass is 1020 g/mol. The van der Waals surface area contributed by atoms with E-state index in [4.69, 9.17) is 0 Å². The maximum atomic E-state index is 12.7. The molecule has 7 N–H and O–H groups in total. The summed E-state index contributed by atoms with van der Waals surface area (Å²) >= 11 is 0. The standard InChI is InChI=1S/C36H42N2O20S6/c1-35(2)30(38(14-7-17-61(47,48)49)27-18-22(34(39)40)19-29(33(27)35)64(56,57)58)8-4-9-31-36(3,12-5-15-59(41,42)43)32-25-20-23(62(50,51)52)21-28(63(53,54)55)24(25)10-11-26(32)37(31)13-6-16-60(44,45)46/h4,8-11,18-21H,5-7,12-17H2,1-3H3,(H6-,39,40,41,42,43,44,45,46,47,48,49,50,51,52,53,54,55,56,57,58)/p+1. The number of aromatic carboxylic acids is 1. The van der Waals surface area contributed by atoms with Crippen molar-refractivity contribution in [2.45, 2.75) is 72.0 Å². The molecule has 0 radical (unpaired) electrons. The Labute approximate surface area is 369 Å². The summed E-state index contributed by atoms with van der Waals surface area (Å²) < 4.78 is 207. The minimum absolute atomic E-state index is 0.0638. The molecule has 3 aromatic carbocycles. The molecule has 3 aromatic rings. The molecule has 0 saturated carbocycles. The van der Waals surface area contributed by atoms with Crippen LogP contribution in [0.1, 0.15) is 67.9 Å².